The molecule has 1 saturated heterocycles. The molecule has 11 heteroatoms. The van der Waals surface area contributed by atoms with E-state index in [1.54, 1.807) is 0 Å². The zero-order chi connectivity index (χ0) is 17.4. The minimum Gasteiger partial charge on any atom is -0.363 e. The van der Waals surface area contributed by atoms with E-state index >= 15 is 0 Å². The van der Waals surface area contributed by atoms with Crippen LogP contribution in [0.5, 0.6) is 0 Å². The molecule has 132 valence electrons. The summed E-state index contributed by atoms with van der Waals surface area (Å²) in [5.74, 6) is -24.4. The maximum absolute atomic E-state index is 13.4. The molecule has 0 aliphatic carbocycles. The van der Waals surface area contributed by atoms with Crippen LogP contribution in [0, 0.1) is 0 Å². The van der Waals surface area contributed by atoms with Crippen molar-refractivity contribution in [1.29, 1.82) is 0 Å². The van der Waals surface area contributed by atoms with E-state index in [1.807, 2.05) is 0 Å². The highest BCUT2D eigenvalue weighted by atomic mass is 19.4. The van der Waals surface area contributed by atoms with Crippen LogP contribution in [0.4, 0.5) is 35.1 Å². The van der Waals surface area contributed by atoms with Crippen molar-refractivity contribution in [3.05, 3.63) is 0 Å². The van der Waals surface area contributed by atoms with Crippen molar-refractivity contribution in [3.63, 3.8) is 0 Å². The predicted molar refractivity (Wildman–Crippen MR) is 56.1 cm³/mol. The summed E-state index contributed by atoms with van der Waals surface area (Å²) < 4.78 is 113. The summed E-state index contributed by atoms with van der Waals surface area (Å²) in [5, 5.41) is 8.98. The fourth-order valence-corrected chi connectivity index (χ4v) is 1.69. The lowest BCUT2D eigenvalue weighted by molar-refractivity contribution is -0.410. The Labute approximate surface area is 120 Å². The molecule has 0 saturated carbocycles. The fraction of sp³-hybridized carbons (Fsp3) is 1.00. The first-order chi connectivity index (χ1) is 9.75. The van der Waals surface area contributed by atoms with Gasteiger partial charge in [0.05, 0.1) is 0 Å². The minimum absolute atomic E-state index is 0.0303. The van der Waals surface area contributed by atoms with Crippen LogP contribution < -0.4 is 0 Å². The van der Waals surface area contributed by atoms with Gasteiger partial charge in [0.15, 0.2) is 6.29 Å². The number of alkyl halides is 8. The average Bonchev–Trinajstić information content (AvgIpc) is 2.38. The molecular formula is C11H14F8O3. The number of rotatable bonds is 6. The molecule has 1 aliphatic heterocycles. The van der Waals surface area contributed by atoms with Gasteiger partial charge in [0, 0.05) is 13.5 Å². The second-order valence-electron chi connectivity index (χ2n) is 4.94. The Hall–Kier alpha value is -0.680. The Kier molecular flexibility index (Phi) is 5.35. The van der Waals surface area contributed by atoms with Gasteiger partial charge in [-0.1, -0.05) is 0 Å². The molecule has 1 N–H and O–H groups in total. The second-order valence-corrected chi connectivity index (χ2v) is 4.94. The van der Waals surface area contributed by atoms with Gasteiger partial charge in [-0.3, -0.25) is 0 Å². The monoisotopic (exact) mass is 346 g/mol. The predicted octanol–water partition coefficient (Wildman–Crippen LogP) is 3.41. The minimum atomic E-state index is -6.55. The summed E-state index contributed by atoms with van der Waals surface area (Å²) in [4.78, 5) is 0. The van der Waals surface area contributed by atoms with E-state index in [2.05, 4.69) is 4.74 Å². The van der Waals surface area contributed by atoms with Crippen molar-refractivity contribution >= 4 is 0 Å². The van der Waals surface area contributed by atoms with Crippen LogP contribution in [-0.4, -0.2) is 48.0 Å². The Bertz CT molecular complexity index is 376. The number of hydrogen-bond donors (Lipinski definition) is 1. The Morgan fingerprint density at radius 1 is 1.00 bits per heavy atom. The third kappa shape index (κ3) is 3.30. The molecule has 0 amide bonds. The van der Waals surface area contributed by atoms with E-state index in [0.717, 1.165) is 0 Å². The summed E-state index contributed by atoms with van der Waals surface area (Å²) in [7, 11) is 0. The van der Waals surface area contributed by atoms with Crippen molar-refractivity contribution < 1.29 is 49.7 Å². The normalized spacial score (nSPS) is 23.5. The first kappa shape index (κ1) is 19.4. The van der Waals surface area contributed by atoms with E-state index in [4.69, 9.17) is 9.84 Å². The van der Waals surface area contributed by atoms with Crippen LogP contribution in [0.15, 0.2) is 0 Å². The van der Waals surface area contributed by atoms with Gasteiger partial charge in [0.2, 0.25) is 6.29 Å². The lowest BCUT2D eigenvalue weighted by Gasteiger charge is -2.38. The quantitative estimate of drug-likeness (QED) is 0.592. The summed E-state index contributed by atoms with van der Waals surface area (Å²) >= 11 is 0. The van der Waals surface area contributed by atoms with Crippen molar-refractivity contribution in [2.75, 3.05) is 6.61 Å². The van der Waals surface area contributed by atoms with Gasteiger partial charge in [-0.25, -0.2) is 0 Å². The van der Waals surface area contributed by atoms with Gasteiger partial charge in [0.1, 0.15) is 0 Å². The molecule has 1 aliphatic rings. The molecule has 2 unspecified atom stereocenters. The van der Waals surface area contributed by atoms with Crippen molar-refractivity contribution in [2.45, 2.75) is 62.5 Å². The third-order valence-electron chi connectivity index (χ3n) is 3.09. The smallest absolute Gasteiger partial charge is 0.363 e. The van der Waals surface area contributed by atoms with Crippen LogP contribution in [0.2, 0.25) is 0 Å². The van der Waals surface area contributed by atoms with Gasteiger partial charge in [-0.05, 0) is 19.3 Å². The molecule has 1 rings (SSSR count). The molecule has 2 atom stereocenters. The SMILES string of the molecule is CC(F)(F)C(F)(F)C(F)(F)C(F)(F)C(O)OC1CCCCO1. The highest BCUT2D eigenvalue weighted by molar-refractivity contribution is 5.03. The van der Waals surface area contributed by atoms with Crippen LogP contribution in [0.3, 0.4) is 0 Å². The highest BCUT2D eigenvalue weighted by Crippen LogP contribution is 2.53. The molecule has 0 aromatic carbocycles. The number of hydrogen-bond acceptors (Lipinski definition) is 3. The van der Waals surface area contributed by atoms with Crippen molar-refractivity contribution in [3.8, 4) is 0 Å². The number of aliphatic hydroxyl groups is 1. The van der Waals surface area contributed by atoms with E-state index in [9.17, 15) is 35.1 Å². The average molecular weight is 346 g/mol. The lowest BCUT2D eigenvalue weighted by Crippen LogP contribution is -2.65. The zero-order valence-corrected chi connectivity index (χ0v) is 11.3. The molecule has 1 heterocycles. The first-order valence-electron chi connectivity index (χ1n) is 6.21. The van der Waals surface area contributed by atoms with E-state index in [1.165, 1.54) is 0 Å². The van der Waals surface area contributed by atoms with Crippen LogP contribution in [-0.2, 0) is 9.47 Å². The number of ether oxygens (including phenoxy) is 2. The maximum atomic E-state index is 13.4. The topological polar surface area (TPSA) is 38.7 Å². The molecule has 0 radical (unpaired) electrons. The molecule has 0 aromatic rings. The molecule has 1 fully saturated rings. The summed E-state index contributed by atoms with van der Waals surface area (Å²) in [6.45, 7) is -0.600. The molecule has 22 heavy (non-hydrogen) atoms. The summed E-state index contributed by atoms with van der Waals surface area (Å²) in [6.07, 6.45) is -4.36. The van der Waals surface area contributed by atoms with Crippen LogP contribution >= 0.6 is 0 Å². The summed E-state index contributed by atoms with van der Waals surface area (Å²) in [5.41, 5.74) is 0. The Morgan fingerprint density at radius 3 is 1.95 bits per heavy atom. The lowest BCUT2D eigenvalue weighted by atomic mass is 9.99. The molecule has 3 nitrogen and oxygen atoms in total. The molecule has 0 aromatic heterocycles. The molecule has 0 spiro atoms. The number of aliphatic hydroxyl groups excluding tert-OH is 1. The zero-order valence-electron chi connectivity index (χ0n) is 11.3. The van der Waals surface area contributed by atoms with Gasteiger partial charge in [0.25, 0.3) is 0 Å². The Balaban J connectivity index is 2.94. The van der Waals surface area contributed by atoms with Crippen molar-refractivity contribution in [1.82, 2.24) is 0 Å². The van der Waals surface area contributed by atoms with Crippen LogP contribution in [0.1, 0.15) is 26.2 Å². The van der Waals surface area contributed by atoms with Gasteiger partial charge < -0.3 is 14.6 Å². The third-order valence-corrected chi connectivity index (χ3v) is 3.09. The van der Waals surface area contributed by atoms with Gasteiger partial charge in [-0.2, -0.15) is 35.1 Å². The van der Waals surface area contributed by atoms with E-state index in [0.29, 0.717) is 12.8 Å². The largest absolute Gasteiger partial charge is 0.383 e. The second kappa shape index (κ2) is 6.08. The summed E-state index contributed by atoms with van der Waals surface area (Å²) in [6, 6.07) is 0. The van der Waals surface area contributed by atoms with Crippen molar-refractivity contribution in [2.24, 2.45) is 0 Å². The Morgan fingerprint density at radius 2 is 1.55 bits per heavy atom. The standard InChI is InChI=1S/C11H14F8O3/c1-8(12,13)10(16,17)11(18,19)9(14,15)7(20)22-6-4-2-3-5-21-6/h6-7,20H,2-5H2,1H3. The van der Waals surface area contributed by atoms with Crippen LogP contribution in [0.25, 0.3) is 0 Å². The molecular weight excluding hydrogens is 332 g/mol. The highest BCUT2D eigenvalue weighted by Gasteiger charge is 2.81. The van der Waals surface area contributed by atoms with E-state index < -0.39 is 43.2 Å². The van der Waals surface area contributed by atoms with Gasteiger partial charge >= 0.3 is 23.7 Å². The van der Waals surface area contributed by atoms with Gasteiger partial charge in [-0.15, -0.1) is 0 Å². The fourth-order valence-electron chi connectivity index (χ4n) is 1.69. The first-order valence-corrected chi connectivity index (χ1v) is 6.21. The maximum Gasteiger partial charge on any atom is 0.383 e. The molecule has 0 bridgehead atoms. The number of halogens is 8. The van der Waals surface area contributed by atoms with E-state index in [-0.39, 0.29) is 13.0 Å².